The molecule has 0 unspecified atom stereocenters. The van der Waals surface area contributed by atoms with Crippen LogP contribution < -0.4 is 9.80 Å². The molecule has 0 atom stereocenters. The van der Waals surface area contributed by atoms with E-state index >= 15 is 0 Å². The van der Waals surface area contributed by atoms with Gasteiger partial charge in [-0.25, -0.2) is 4.98 Å². The molecule has 0 saturated heterocycles. The van der Waals surface area contributed by atoms with Crippen LogP contribution in [0.4, 0.5) is 34.1 Å². The van der Waals surface area contributed by atoms with Crippen molar-refractivity contribution in [2.75, 3.05) is 9.80 Å². The summed E-state index contributed by atoms with van der Waals surface area (Å²) in [7, 11) is 0. The Hall–Kier alpha value is -6.65. The van der Waals surface area contributed by atoms with E-state index in [4.69, 9.17) is 9.40 Å². The Bertz CT molecular complexity index is 2450. The summed E-state index contributed by atoms with van der Waals surface area (Å²) in [5.41, 5.74) is 8.98. The summed E-state index contributed by atoms with van der Waals surface area (Å²) in [6.07, 6.45) is 0. The van der Waals surface area contributed by atoms with Gasteiger partial charge >= 0.3 is 0 Å². The number of fused-ring (bicyclic) bond motifs is 5. The van der Waals surface area contributed by atoms with Crippen molar-refractivity contribution in [1.82, 2.24) is 4.98 Å². The Morgan fingerprint density at radius 2 is 0.898 bits per heavy atom. The van der Waals surface area contributed by atoms with E-state index in [9.17, 15) is 0 Å². The number of hydrogen-bond donors (Lipinski definition) is 0. The second kappa shape index (κ2) is 12.2. The second-order valence-corrected chi connectivity index (χ2v) is 12.0. The number of benzene rings is 8. The lowest BCUT2D eigenvalue weighted by Crippen LogP contribution is -2.10. The van der Waals surface area contributed by atoms with Crippen molar-refractivity contribution in [2.24, 2.45) is 0 Å². The van der Waals surface area contributed by atoms with E-state index in [0.717, 1.165) is 72.3 Å². The van der Waals surface area contributed by atoms with Crippen LogP contribution in [0.15, 0.2) is 192 Å². The number of rotatable bonds is 7. The Labute approximate surface area is 284 Å². The van der Waals surface area contributed by atoms with Crippen molar-refractivity contribution in [1.29, 1.82) is 0 Å². The van der Waals surface area contributed by atoms with Crippen molar-refractivity contribution in [3.8, 4) is 11.5 Å². The summed E-state index contributed by atoms with van der Waals surface area (Å²) in [6.45, 7) is 0. The van der Waals surface area contributed by atoms with Gasteiger partial charge in [0.2, 0.25) is 5.89 Å². The van der Waals surface area contributed by atoms with Crippen LogP contribution in [0.3, 0.4) is 0 Å². The van der Waals surface area contributed by atoms with Gasteiger partial charge in [-0.05, 0) is 89.6 Å². The van der Waals surface area contributed by atoms with Gasteiger partial charge in [-0.15, -0.1) is 0 Å². The zero-order valence-electron chi connectivity index (χ0n) is 26.6. The molecule has 0 amide bonds. The fraction of sp³-hybridized carbons (Fsp3) is 0. The maximum Gasteiger partial charge on any atom is 0.227 e. The molecule has 0 fully saturated rings. The highest BCUT2D eigenvalue weighted by molar-refractivity contribution is 6.23. The van der Waals surface area contributed by atoms with Gasteiger partial charge in [-0.1, -0.05) is 109 Å². The van der Waals surface area contributed by atoms with Gasteiger partial charge in [-0.3, -0.25) is 0 Å². The summed E-state index contributed by atoms with van der Waals surface area (Å²) in [5.74, 6) is 0.605. The Kier molecular flexibility index (Phi) is 7.10. The van der Waals surface area contributed by atoms with E-state index in [-0.39, 0.29) is 0 Å². The average Bonchev–Trinajstić information content (AvgIpc) is 3.61. The SMILES string of the molecule is c1ccc(-c2nc3cc(N(c4ccccc4)c4ccccc4)c4ccc5cc(N(c6ccccc6)c6ccccc6)ccc5c4c3o2)cc1. The fourth-order valence-electron chi connectivity index (χ4n) is 6.80. The van der Waals surface area contributed by atoms with Crippen LogP contribution in [0.5, 0.6) is 0 Å². The summed E-state index contributed by atoms with van der Waals surface area (Å²) < 4.78 is 6.70. The van der Waals surface area contributed by atoms with Crippen molar-refractivity contribution < 1.29 is 4.42 Å². The van der Waals surface area contributed by atoms with Crippen LogP contribution in [0.1, 0.15) is 0 Å². The molecular weight excluding hydrogens is 599 g/mol. The first kappa shape index (κ1) is 28.6. The summed E-state index contributed by atoms with van der Waals surface area (Å²) in [4.78, 5) is 9.70. The maximum absolute atomic E-state index is 6.70. The third kappa shape index (κ3) is 5.16. The molecule has 0 spiro atoms. The van der Waals surface area contributed by atoms with Crippen molar-refractivity contribution >= 4 is 66.8 Å². The van der Waals surface area contributed by atoms with Gasteiger partial charge in [0, 0.05) is 44.8 Å². The molecular formula is C45H31N3O. The maximum atomic E-state index is 6.70. The van der Waals surface area contributed by atoms with Gasteiger partial charge in [-0.2, -0.15) is 0 Å². The van der Waals surface area contributed by atoms with E-state index in [0.29, 0.717) is 5.89 Å². The Morgan fingerprint density at radius 3 is 1.45 bits per heavy atom. The molecule has 0 aliphatic rings. The number of oxazole rings is 1. The number of nitrogens with zero attached hydrogens (tertiary/aromatic N) is 3. The molecule has 0 aliphatic heterocycles. The predicted molar refractivity (Wildman–Crippen MR) is 204 cm³/mol. The smallest absolute Gasteiger partial charge is 0.227 e. The number of anilines is 6. The van der Waals surface area contributed by atoms with E-state index in [1.807, 2.05) is 30.3 Å². The van der Waals surface area contributed by atoms with Crippen molar-refractivity contribution in [3.05, 3.63) is 188 Å². The first-order chi connectivity index (χ1) is 24.3. The predicted octanol–water partition coefficient (Wildman–Crippen LogP) is 12.7. The monoisotopic (exact) mass is 629 g/mol. The van der Waals surface area contributed by atoms with Crippen LogP contribution in [0.25, 0.3) is 44.1 Å². The van der Waals surface area contributed by atoms with Crippen LogP contribution in [0, 0.1) is 0 Å². The quantitative estimate of drug-likeness (QED) is 0.164. The van der Waals surface area contributed by atoms with E-state index in [1.54, 1.807) is 0 Å². The first-order valence-corrected chi connectivity index (χ1v) is 16.5. The molecule has 0 N–H and O–H groups in total. The topological polar surface area (TPSA) is 32.5 Å². The molecule has 0 saturated carbocycles. The lowest BCUT2D eigenvalue weighted by atomic mass is 9.98. The summed E-state index contributed by atoms with van der Waals surface area (Å²) >= 11 is 0. The van der Waals surface area contributed by atoms with Gasteiger partial charge in [0.1, 0.15) is 5.52 Å². The molecule has 1 heterocycles. The minimum Gasteiger partial charge on any atom is -0.435 e. The van der Waals surface area contributed by atoms with Crippen molar-refractivity contribution in [3.63, 3.8) is 0 Å². The molecule has 4 nitrogen and oxygen atoms in total. The first-order valence-electron chi connectivity index (χ1n) is 16.5. The third-order valence-corrected chi connectivity index (χ3v) is 9.01. The molecule has 232 valence electrons. The van der Waals surface area contributed by atoms with E-state index < -0.39 is 0 Å². The summed E-state index contributed by atoms with van der Waals surface area (Å²) in [6, 6.07) is 65.5. The lowest BCUT2D eigenvalue weighted by molar-refractivity contribution is 0.623. The minimum absolute atomic E-state index is 0.605. The fourth-order valence-corrected chi connectivity index (χ4v) is 6.80. The van der Waals surface area contributed by atoms with Gasteiger partial charge in [0.25, 0.3) is 0 Å². The van der Waals surface area contributed by atoms with Crippen LogP contribution in [0.2, 0.25) is 0 Å². The average molecular weight is 630 g/mol. The van der Waals surface area contributed by atoms with Gasteiger partial charge in [0.15, 0.2) is 5.58 Å². The molecule has 9 aromatic rings. The normalized spacial score (nSPS) is 11.3. The minimum atomic E-state index is 0.605. The van der Waals surface area contributed by atoms with E-state index in [2.05, 4.69) is 168 Å². The third-order valence-electron chi connectivity index (χ3n) is 9.01. The Morgan fingerprint density at radius 1 is 0.408 bits per heavy atom. The zero-order valence-corrected chi connectivity index (χ0v) is 26.6. The molecule has 0 aliphatic carbocycles. The number of hydrogen-bond acceptors (Lipinski definition) is 4. The molecule has 9 rings (SSSR count). The summed E-state index contributed by atoms with van der Waals surface area (Å²) in [5, 5.41) is 4.34. The zero-order chi connectivity index (χ0) is 32.6. The van der Waals surface area contributed by atoms with Crippen LogP contribution in [-0.4, -0.2) is 4.98 Å². The van der Waals surface area contributed by atoms with E-state index in [1.165, 1.54) is 0 Å². The number of aromatic nitrogens is 1. The molecule has 0 bridgehead atoms. The van der Waals surface area contributed by atoms with Crippen LogP contribution in [-0.2, 0) is 0 Å². The lowest BCUT2D eigenvalue weighted by Gasteiger charge is -2.27. The number of para-hydroxylation sites is 4. The molecule has 0 radical (unpaired) electrons. The molecule has 8 aromatic carbocycles. The van der Waals surface area contributed by atoms with Gasteiger partial charge < -0.3 is 14.2 Å². The Balaban J connectivity index is 1.32. The van der Waals surface area contributed by atoms with Gasteiger partial charge in [0.05, 0.1) is 5.69 Å². The molecule has 4 heteroatoms. The standard InChI is InChI=1S/C45H31N3O/c1-6-16-32(17-7-1)45-46-41-31-42(48(36-22-12-4-13-23-36)37-24-14-5-15-25-37)40-28-26-33-30-38(27-29-39(33)43(40)44(41)49-45)47(34-18-8-2-9-19-34)35-20-10-3-11-21-35/h1-31H. The highest BCUT2D eigenvalue weighted by Gasteiger charge is 2.22. The molecule has 1 aromatic heterocycles. The second-order valence-electron chi connectivity index (χ2n) is 12.0. The van der Waals surface area contributed by atoms with Crippen molar-refractivity contribution in [2.45, 2.75) is 0 Å². The highest BCUT2D eigenvalue weighted by Crippen LogP contribution is 2.46. The molecule has 49 heavy (non-hydrogen) atoms. The van der Waals surface area contributed by atoms with Crippen LogP contribution >= 0.6 is 0 Å². The largest absolute Gasteiger partial charge is 0.435 e. The highest BCUT2D eigenvalue weighted by atomic mass is 16.3.